The van der Waals surface area contributed by atoms with E-state index < -0.39 is 29.7 Å². The predicted octanol–water partition coefficient (Wildman–Crippen LogP) is 2.90. The lowest BCUT2D eigenvalue weighted by atomic mass is 9.90. The maximum atomic E-state index is 13.4. The van der Waals surface area contributed by atoms with Gasteiger partial charge in [-0.05, 0) is 36.8 Å². The zero-order chi connectivity index (χ0) is 18.3. The molecule has 4 rings (SSSR count). The molecule has 0 saturated carbocycles. The largest absolute Gasteiger partial charge is 0.465 e. The summed E-state index contributed by atoms with van der Waals surface area (Å²) in [6.07, 6.45) is 0. The van der Waals surface area contributed by atoms with Crippen molar-refractivity contribution >= 4 is 28.9 Å². The van der Waals surface area contributed by atoms with E-state index in [1.807, 2.05) is 24.3 Å². The van der Waals surface area contributed by atoms with Crippen LogP contribution >= 0.6 is 0 Å². The highest BCUT2D eigenvalue weighted by molar-refractivity contribution is 6.07. The van der Waals surface area contributed by atoms with Gasteiger partial charge in [-0.2, -0.15) is 0 Å². The van der Waals surface area contributed by atoms with E-state index in [2.05, 4.69) is 10.3 Å². The third-order valence-corrected chi connectivity index (χ3v) is 4.46. The van der Waals surface area contributed by atoms with Gasteiger partial charge in [0.1, 0.15) is 5.82 Å². The highest BCUT2D eigenvalue weighted by Gasteiger charge is 2.44. The lowest BCUT2D eigenvalue weighted by Gasteiger charge is -2.32. The van der Waals surface area contributed by atoms with Gasteiger partial charge in [0.15, 0.2) is 5.92 Å². The molecule has 6 nitrogen and oxygen atoms in total. The molecule has 0 unspecified atom stereocenters. The molecule has 0 fully saturated rings. The normalized spacial score (nSPS) is 19.1. The number of ether oxygens (including phenoxy) is 1. The lowest BCUT2D eigenvalue weighted by molar-refractivity contribution is -0.152. The number of benzene rings is 2. The molecule has 3 aromatic rings. The van der Waals surface area contributed by atoms with Crippen molar-refractivity contribution in [1.29, 1.82) is 0 Å². The van der Waals surface area contributed by atoms with Gasteiger partial charge in [-0.1, -0.05) is 24.3 Å². The van der Waals surface area contributed by atoms with Gasteiger partial charge in [-0.3, -0.25) is 14.9 Å². The molecule has 1 amide bonds. The van der Waals surface area contributed by atoms with Gasteiger partial charge in [0, 0.05) is 0 Å². The van der Waals surface area contributed by atoms with Crippen molar-refractivity contribution in [2.45, 2.75) is 13.0 Å². The van der Waals surface area contributed by atoms with Crippen molar-refractivity contribution in [1.82, 2.24) is 9.55 Å². The van der Waals surface area contributed by atoms with Crippen LogP contribution < -0.4 is 5.32 Å². The molecule has 2 heterocycles. The van der Waals surface area contributed by atoms with Crippen molar-refractivity contribution < 1.29 is 18.7 Å². The third kappa shape index (κ3) is 2.52. The number of carbonyl (C=O) groups excluding carboxylic acids is 2. The summed E-state index contributed by atoms with van der Waals surface area (Å²) in [6, 6.07) is 12.5. The number of carbonyl (C=O) groups is 2. The Morgan fingerprint density at radius 3 is 2.69 bits per heavy atom. The zero-order valence-corrected chi connectivity index (χ0v) is 14.0. The smallest absolute Gasteiger partial charge is 0.321 e. The second-order valence-electron chi connectivity index (χ2n) is 6.01. The van der Waals surface area contributed by atoms with Crippen molar-refractivity contribution in [2.75, 3.05) is 11.9 Å². The summed E-state index contributed by atoms with van der Waals surface area (Å²) in [5.74, 6) is -2.24. The van der Waals surface area contributed by atoms with Crippen molar-refractivity contribution in [3.63, 3.8) is 0 Å². The van der Waals surface area contributed by atoms with Crippen LogP contribution in [-0.4, -0.2) is 28.0 Å². The molecule has 0 saturated heterocycles. The number of esters is 1. The second-order valence-corrected chi connectivity index (χ2v) is 6.01. The van der Waals surface area contributed by atoms with Crippen LogP contribution in [0.1, 0.15) is 18.5 Å². The number of anilines is 1. The van der Waals surface area contributed by atoms with Gasteiger partial charge < -0.3 is 9.30 Å². The lowest BCUT2D eigenvalue weighted by Crippen LogP contribution is -2.43. The van der Waals surface area contributed by atoms with Crippen LogP contribution in [0.25, 0.3) is 11.0 Å². The second kappa shape index (κ2) is 6.25. The number of aromatic nitrogens is 2. The first kappa shape index (κ1) is 16.3. The van der Waals surface area contributed by atoms with Crippen molar-refractivity contribution in [3.05, 3.63) is 59.9 Å². The van der Waals surface area contributed by atoms with E-state index in [1.165, 1.54) is 12.1 Å². The van der Waals surface area contributed by atoms with E-state index in [0.717, 1.165) is 5.52 Å². The highest BCUT2D eigenvalue weighted by Crippen LogP contribution is 2.38. The monoisotopic (exact) mass is 353 g/mol. The van der Waals surface area contributed by atoms with Gasteiger partial charge in [0.2, 0.25) is 11.9 Å². The Balaban J connectivity index is 1.95. The fourth-order valence-corrected chi connectivity index (χ4v) is 3.36. The Labute approximate surface area is 148 Å². The molecule has 2 aromatic carbocycles. The molecule has 1 aliphatic rings. The zero-order valence-electron chi connectivity index (χ0n) is 14.0. The van der Waals surface area contributed by atoms with Crippen LogP contribution in [0.4, 0.5) is 10.3 Å². The van der Waals surface area contributed by atoms with Crippen molar-refractivity contribution in [3.8, 4) is 0 Å². The Morgan fingerprint density at radius 1 is 1.23 bits per heavy atom. The number of fused-ring (bicyclic) bond motifs is 3. The number of amides is 1. The molecule has 132 valence electrons. The van der Waals surface area contributed by atoms with Crippen LogP contribution in [0, 0.1) is 11.7 Å². The Hall–Kier alpha value is -3.22. The van der Waals surface area contributed by atoms with Crippen LogP contribution in [0.15, 0.2) is 48.5 Å². The minimum atomic E-state index is -1.09. The number of nitrogens with one attached hydrogen (secondary N) is 1. The predicted molar refractivity (Wildman–Crippen MR) is 93.0 cm³/mol. The Morgan fingerprint density at radius 2 is 1.96 bits per heavy atom. The molecule has 1 N–H and O–H groups in total. The molecular formula is C19H16FN3O3. The van der Waals surface area contributed by atoms with E-state index >= 15 is 0 Å². The minimum absolute atomic E-state index is 0.163. The van der Waals surface area contributed by atoms with E-state index in [0.29, 0.717) is 17.0 Å². The topological polar surface area (TPSA) is 73.2 Å². The van der Waals surface area contributed by atoms with E-state index in [9.17, 15) is 14.0 Å². The first-order valence-corrected chi connectivity index (χ1v) is 8.30. The fraction of sp³-hybridized carbons (Fsp3) is 0.211. The average molecular weight is 353 g/mol. The molecule has 1 aromatic heterocycles. The highest BCUT2D eigenvalue weighted by atomic mass is 19.1. The first-order chi connectivity index (χ1) is 12.6. The summed E-state index contributed by atoms with van der Waals surface area (Å²) >= 11 is 0. The molecule has 26 heavy (non-hydrogen) atoms. The summed E-state index contributed by atoms with van der Waals surface area (Å²) in [7, 11) is 0. The molecule has 2 atom stereocenters. The standard InChI is InChI=1S/C19H16FN3O3/c1-2-26-18(25)15-16(11-7-9-12(20)10-8-11)23-14-6-4-3-5-13(14)21-19(23)22-17(15)24/h3-10,15-16H,2H2,1H3,(H,21,22,24)/t15-,16+/m0/s1. The first-order valence-electron chi connectivity index (χ1n) is 8.30. The van der Waals surface area contributed by atoms with Crippen LogP contribution in [0.5, 0.6) is 0 Å². The molecule has 0 bridgehead atoms. The maximum absolute atomic E-state index is 13.4. The number of hydrogen-bond donors (Lipinski definition) is 1. The number of hydrogen-bond acceptors (Lipinski definition) is 4. The van der Waals surface area contributed by atoms with Gasteiger partial charge in [0.25, 0.3) is 0 Å². The van der Waals surface area contributed by atoms with Gasteiger partial charge >= 0.3 is 5.97 Å². The molecule has 1 aliphatic heterocycles. The van der Waals surface area contributed by atoms with E-state index in [1.54, 1.807) is 23.6 Å². The van der Waals surface area contributed by atoms with Gasteiger partial charge in [-0.25, -0.2) is 9.37 Å². The molecule has 0 spiro atoms. The van der Waals surface area contributed by atoms with Crippen molar-refractivity contribution in [2.24, 2.45) is 5.92 Å². The summed E-state index contributed by atoms with van der Waals surface area (Å²) in [4.78, 5) is 29.6. The Kier molecular flexibility index (Phi) is 3.91. The number of imidazole rings is 1. The quantitative estimate of drug-likeness (QED) is 0.580. The van der Waals surface area contributed by atoms with E-state index in [4.69, 9.17) is 4.74 Å². The molecular weight excluding hydrogens is 337 g/mol. The van der Waals surface area contributed by atoms with Gasteiger partial charge in [0.05, 0.1) is 23.7 Å². The molecule has 7 heteroatoms. The van der Waals surface area contributed by atoms with E-state index in [-0.39, 0.29) is 6.61 Å². The van der Waals surface area contributed by atoms with Gasteiger partial charge in [-0.15, -0.1) is 0 Å². The molecule has 0 radical (unpaired) electrons. The SMILES string of the molecule is CCOC(=O)[C@@H]1C(=O)Nc2nc3ccccc3n2[C@@H]1c1ccc(F)cc1. The summed E-state index contributed by atoms with van der Waals surface area (Å²) < 4.78 is 20.3. The Bertz CT molecular complexity index is 997. The van der Waals surface area contributed by atoms with Crippen LogP contribution in [-0.2, 0) is 14.3 Å². The average Bonchev–Trinajstić information content (AvgIpc) is 2.99. The minimum Gasteiger partial charge on any atom is -0.465 e. The number of nitrogens with zero attached hydrogens (tertiary/aromatic N) is 2. The van der Waals surface area contributed by atoms with Crippen LogP contribution in [0.2, 0.25) is 0 Å². The summed E-state index contributed by atoms with van der Waals surface area (Å²) in [5.41, 5.74) is 2.09. The number of halogens is 1. The number of rotatable bonds is 3. The summed E-state index contributed by atoms with van der Waals surface area (Å²) in [6.45, 7) is 1.85. The third-order valence-electron chi connectivity index (χ3n) is 4.46. The fourth-order valence-electron chi connectivity index (χ4n) is 3.36. The summed E-state index contributed by atoms with van der Waals surface area (Å²) in [5, 5.41) is 2.69. The maximum Gasteiger partial charge on any atom is 0.321 e. The van der Waals surface area contributed by atoms with Crippen LogP contribution in [0.3, 0.4) is 0 Å². The number of para-hydroxylation sites is 2. The molecule has 0 aliphatic carbocycles.